The first-order valence-corrected chi connectivity index (χ1v) is 20.7. The van der Waals surface area contributed by atoms with Crippen LogP contribution in [0.5, 0.6) is 23.0 Å². The molecule has 316 valence electrons. The maximum atomic E-state index is 14.4. The average molecular weight is 817 g/mol. The molecule has 10 rings (SSSR count). The second-order valence-electron chi connectivity index (χ2n) is 17.8. The topological polar surface area (TPSA) is 175 Å². The van der Waals surface area contributed by atoms with Crippen molar-refractivity contribution >= 4 is 11.9 Å². The van der Waals surface area contributed by atoms with E-state index in [2.05, 4.69) is 15.9 Å². The summed E-state index contributed by atoms with van der Waals surface area (Å²) in [5.41, 5.74) is 2.61. The number of ether oxygens (including phenoxy) is 8. The Hall–Kier alpha value is -4.54. The van der Waals surface area contributed by atoms with Crippen molar-refractivity contribution in [2.75, 3.05) is 54.3 Å². The lowest BCUT2D eigenvalue weighted by Gasteiger charge is -2.33. The Kier molecular flexibility index (Phi) is 9.18. The maximum absolute atomic E-state index is 14.4. The number of hydrogen-bond donors (Lipinski definition) is 3. The Morgan fingerprint density at radius 1 is 0.797 bits per heavy atom. The van der Waals surface area contributed by atoms with Crippen molar-refractivity contribution in [2.24, 2.45) is 5.92 Å². The lowest BCUT2D eigenvalue weighted by atomic mass is 9.85. The Balaban J connectivity index is 1.01. The van der Waals surface area contributed by atoms with E-state index in [-0.39, 0.29) is 43.6 Å². The first kappa shape index (κ1) is 38.6. The molecule has 6 heterocycles. The van der Waals surface area contributed by atoms with Crippen LogP contribution in [0.4, 0.5) is 0 Å². The summed E-state index contributed by atoms with van der Waals surface area (Å²) < 4.78 is 48.4. The van der Waals surface area contributed by atoms with Crippen LogP contribution in [0, 0.1) is 5.92 Å². The highest BCUT2D eigenvalue weighted by Gasteiger charge is 2.60. The quantitative estimate of drug-likeness (QED) is 0.299. The Bertz CT molecular complexity index is 2160. The summed E-state index contributed by atoms with van der Waals surface area (Å²) in [6, 6.07) is 7.84. The van der Waals surface area contributed by atoms with Crippen LogP contribution in [0.3, 0.4) is 0 Å². The highest BCUT2D eigenvalue weighted by atomic mass is 16.7. The van der Waals surface area contributed by atoms with E-state index in [4.69, 9.17) is 37.9 Å². The van der Waals surface area contributed by atoms with Crippen LogP contribution in [-0.4, -0.2) is 133 Å². The summed E-state index contributed by atoms with van der Waals surface area (Å²) >= 11 is 0. The number of carbonyl (C=O) groups is 2. The van der Waals surface area contributed by atoms with Gasteiger partial charge in [-0.05, 0) is 98.0 Å². The van der Waals surface area contributed by atoms with Crippen LogP contribution < -0.4 is 18.9 Å². The maximum Gasteiger partial charge on any atom is 0.339 e. The molecule has 15 nitrogen and oxygen atoms in total. The molecule has 6 aliphatic heterocycles. The summed E-state index contributed by atoms with van der Waals surface area (Å²) in [6.07, 6.45) is -1.03. The zero-order chi connectivity index (χ0) is 41.1. The molecule has 0 bridgehead atoms. The third-order valence-corrected chi connectivity index (χ3v) is 14.0. The van der Waals surface area contributed by atoms with E-state index in [1.54, 1.807) is 28.1 Å². The number of aliphatic hydroxyl groups excluding tert-OH is 1. The van der Waals surface area contributed by atoms with Gasteiger partial charge >= 0.3 is 11.9 Å². The van der Waals surface area contributed by atoms with Gasteiger partial charge in [0.05, 0.1) is 39.3 Å². The molecule has 2 aliphatic carbocycles. The van der Waals surface area contributed by atoms with Gasteiger partial charge in [0.2, 0.25) is 13.1 Å². The zero-order valence-corrected chi connectivity index (χ0v) is 34.0. The molecular weight excluding hydrogens is 764 g/mol. The molecule has 59 heavy (non-hydrogen) atoms. The smallest absolute Gasteiger partial charge is 0.339 e. The molecular formula is C44H52N2O13. The van der Waals surface area contributed by atoms with Crippen molar-refractivity contribution in [3.8, 4) is 23.0 Å². The lowest BCUT2D eigenvalue weighted by Crippen LogP contribution is -2.47. The highest BCUT2D eigenvalue weighted by Crippen LogP contribution is 2.57. The van der Waals surface area contributed by atoms with Gasteiger partial charge in [0.15, 0.2) is 34.7 Å². The van der Waals surface area contributed by atoms with Crippen molar-refractivity contribution in [1.82, 2.24) is 9.80 Å². The van der Waals surface area contributed by atoms with Gasteiger partial charge in [-0.2, -0.15) is 0 Å². The van der Waals surface area contributed by atoms with Gasteiger partial charge < -0.3 is 53.2 Å². The van der Waals surface area contributed by atoms with Crippen LogP contribution >= 0.6 is 0 Å². The molecule has 0 amide bonds. The third-order valence-electron chi connectivity index (χ3n) is 14.0. The summed E-state index contributed by atoms with van der Waals surface area (Å²) in [6.45, 7) is 6.27. The molecule has 0 radical (unpaired) electrons. The van der Waals surface area contributed by atoms with E-state index in [0.29, 0.717) is 54.0 Å². The van der Waals surface area contributed by atoms with E-state index in [1.165, 1.54) is 12.7 Å². The van der Waals surface area contributed by atoms with E-state index in [9.17, 15) is 24.9 Å². The summed E-state index contributed by atoms with van der Waals surface area (Å²) in [4.78, 5) is 31.8. The predicted molar refractivity (Wildman–Crippen MR) is 207 cm³/mol. The molecule has 3 N–H and O–H groups in total. The Morgan fingerprint density at radius 3 is 2.12 bits per heavy atom. The van der Waals surface area contributed by atoms with E-state index >= 15 is 0 Å². The highest BCUT2D eigenvalue weighted by molar-refractivity contribution is 5.86. The minimum absolute atomic E-state index is 0.0108. The molecule has 2 aromatic rings. The average Bonchev–Trinajstić information content (AvgIpc) is 4.04. The number of hydrogen-bond acceptors (Lipinski definition) is 15. The SMILES string of the molecule is COC(=O)C[C@](O)(CCC(C)(C)O)C(=O)OC1C(OC)=C2C(C3Oc4cc5c(cc4O3)[C@@H]3C(O)C(OC)=C4CCN(CC5)C43)CN3CCc4cc5c(cc4[C@H]1C23)OCO5. The van der Waals surface area contributed by atoms with Gasteiger partial charge in [-0.3, -0.25) is 14.6 Å². The van der Waals surface area contributed by atoms with Gasteiger partial charge in [0.25, 0.3) is 0 Å². The summed E-state index contributed by atoms with van der Waals surface area (Å²) in [5, 5.41) is 34.0. The minimum atomic E-state index is -2.30. The van der Waals surface area contributed by atoms with Crippen LogP contribution in [0.1, 0.15) is 73.6 Å². The van der Waals surface area contributed by atoms with Gasteiger partial charge in [0.1, 0.15) is 17.6 Å². The molecule has 8 aliphatic rings. The fourth-order valence-electron chi connectivity index (χ4n) is 11.3. The zero-order valence-electron chi connectivity index (χ0n) is 34.0. The normalized spacial score (nSPS) is 30.9. The van der Waals surface area contributed by atoms with E-state index < -0.39 is 54.0 Å². The summed E-state index contributed by atoms with van der Waals surface area (Å²) in [7, 11) is 4.36. The Morgan fingerprint density at radius 2 is 1.42 bits per heavy atom. The number of carbonyl (C=O) groups excluding carboxylic acids is 2. The van der Waals surface area contributed by atoms with Crippen molar-refractivity contribution in [2.45, 2.75) is 106 Å². The fourth-order valence-corrected chi connectivity index (χ4v) is 11.3. The second-order valence-corrected chi connectivity index (χ2v) is 17.8. The number of benzene rings is 2. The minimum Gasteiger partial charge on any atom is -0.498 e. The van der Waals surface area contributed by atoms with Crippen LogP contribution in [0.15, 0.2) is 46.9 Å². The lowest BCUT2D eigenvalue weighted by molar-refractivity contribution is -0.179. The first-order chi connectivity index (χ1) is 28.3. The van der Waals surface area contributed by atoms with Crippen molar-refractivity contribution < 1.29 is 62.8 Å². The van der Waals surface area contributed by atoms with Gasteiger partial charge in [0, 0.05) is 55.7 Å². The monoisotopic (exact) mass is 816 g/mol. The summed E-state index contributed by atoms with van der Waals surface area (Å²) in [5.74, 6) is 0.760. The number of nitrogens with zero attached hydrogens (tertiary/aromatic N) is 2. The second kappa shape index (κ2) is 14.0. The molecule has 15 heteroatoms. The van der Waals surface area contributed by atoms with E-state index in [0.717, 1.165) is 53.8 Å². The number of methoxy groups -OCH3 is 3. The fraction of sp³-hybridized carbons (Fsp3) is 0.591. The molecule has 0 aromatic heterocycles. The first-order valence-electron chi connectivity index (χ1n) is 20.7. The molecule has 2 saturated heterocycles. The van der Waals surface area contributed by atoms with Gasteiger partial charge in [-0.15, -0.1) is 0 Å². The third kappa shape index (κ3) is 6.09. The molecule has 9 atom stereocenters. The molecule has 0 saturated carbocycles. The van der Waals surface area contributed by atoms with E-state index in [1.807, 2.05) is 18.2 Å². The molecule has 2 aromatic carbocycles. The van der Waals surface area contributed by atoms with Crippen molar-refractivity contribution in [1.29, 1.82) is 0 Å². The number of rotatable bonds is 10. The molecule has 2 fully saturated rings. The van der Waals surface area contributed by atoms with Crippen LogP contribution in [-0.2, 0) is 41.4 Å². The standard InChI is InChI=1S/C44H52N2O13/c1-43(2,50)9-10-44(51,18-31(47)52-3)42(49)59-40-33-25-16-28-27(55-20-56-28)14-21(25)7-12-46-19-26(34(36(33)46)39(40)54-5)41-57-29-15-22-6-11-45-13-8-23-35(45)32(37(48)38(23)53-4)24(22)17-30(29)58-41/h14-17,26,32-33,35-37,40-41,48,50-51H,6-13,18-20H2,1-5H3/t26?,32-,33-,35?,36?,37?,40?,41?,44+/m0/s1. The van der Waals surface area contributed by atoms with Crippen molar-refractivity contribution in [3.05, 3.63) is 69.2 Å². The van der Waals surface area contributed by atoms with Crippen LogP contribution in [0.25, 0.3) is 0 Å². The van der Waals surface area contributed by atoms with Gasteiger partial charge in [-0.1, -0.05) is 0 Å². The predicted octanol–water partition coefficient (Wildman–Crippen LogP) is 2.81. The van der Waals surface area contributed by atoms with Gasteiger partial charge in [-0.25, -0.2) is 4.79 Å². The van der Waals surface area contributed by atoms with Crippen molar-refractivity contribution in [3.63, 3.8) is 0 Å². The largest absolute Gasteiger partial charge is 0.498 e. The number of fused-ring (bicyclic) bond motifs is 6. The Labute approximate surface area is 342 Å². The number of esters is 2. The molecule has 6 unspecified atom stereocenters. The van der Waals surface area contributed by atoms with Crippen LogP contribution in [0.2, 0.25) is 0 Å². The number of aliphatic hydroxyl groups is 3. The molecule has 0 spiro atoms.